The van der Waals surface area contributed by atoms with E-state index in [-0.39, 0.29) is 6.29 Å². The molecule has 0 bridgehead atoms. The molecule has 2 atom stereocenters. The summed E-state index contributed by atoms with van der Waals surface area (Å²) in [7, 11) is 0. The fourth-order valence-corrected chi connectivity index (χ4v) is 0.214. The largest absolute Gasteiger partial charge is 0.547 e. The van der Waals surface area contributed by atoms with Crippen molar-refractivity contribution in [3.05, 3.63) is 0 Å². The number of aliphatic carboxylic acids is 1. The van der Waals surface area contributed by atoms with Gasteiger partial charge in [0.25, 0.3) is 0 Å². The van der Waals surface area contributed by atoms with Gasteiger partial charge >= 0.3 is 0 Å². The number of aliphatic hydroxyl groups is 2. The lowest BCUT2D eigenvalue weighted by atomic mass is 10.2. The van der Waals surface area contributed by atoms with Crippen LogP contribution in [0.2, 0.25) is 0 Å². The van der Waals surface area contributed by atoms with Crippen LogP contribution in [0.3, 0.4) is 0 Å². The van der Waals surface area contributed by atoms with Crippen LogP contribution in [0.15, 0.2) is 0 Å². The number of hydrogen-bond donors (Lipinski definition) is 2. The van der Waals surface area contributed by atoms with E-state index in [4.69, 9.17) is 10.2 Å². The molecule has 0 saturated heterocycles. The molecule has 9 heavy (non-hydrogen) atoms. The lowest BCUT2D eigenvalue weighted by Crippen LogP contribution is -2.43. The lowest BCUT2D eigenvalue weighted by molar-refractivity contribution is -0.317. The second-order valence-corrected chi connectivity index (χ2v) is 1.39. The predicted molar refractivity (Wildman–Crippen MR) is 23.1 cm³/mol. The predicted octanol–water partition coefficient (Wildman–Crippen LogP) is -3.34. The van der Waals surface area contributed by atoms with Crippen LogP contribution in [0.1, 0.15) is 0 Å². The molecule has 0 aliphatic heterocycles. The Morgan fingerprint density at radius 2 is 2.00 bits per heavy atom. The second kappa shape index (κ2) is 3.16. The highest BCUT2D eigenvalue weighted by Gasteiger charge is 2.14. The molecule has 0 aromatic heterocycles. The molecule has 0 aliphatic carbocycles. The van der Waals surface area contributed by atoms with Crippen LogP contribution < -0.4 is 5.11 Å². The van der Waals surface area contributed by atoms with Gasteiger partial charge in [-0.05, 0) is 0 Å². The molecule has 0 unspecified atom stereocenters. The standard InChI is InChI=1S/C4H6O5/c5-1-2(6)3(7)4(8)9/h1-3,6-7H,(H,8,9)/p-1/t2-,3+/m0/s1. The summed E-state index contributed by atoms with van der Waals surface area (Å²) < 4.78 is 0. The minimum absolute atomic E-state index is 0.0829. The number of hydrogen-bond acceptors (Lipinski definition) is 5. The van der Waals surface area contributed by atoms with Crippen molar-refractivity contribution in [2.45, 2.75) is 12.2 Å². The minimum Gasteiger partial charge on any atom is -0.547 e. The zero-order chi connectivity index (χ0) is 7.44. The van der Waals surface area contributed by atoms with Gasteiger partial charge in [-0.1, -0.05) is 0 Å². The maximum absolute atomic E-state index is 9.62. The van der Waals surface area contributed by atoms with Crippen molar-refractivity contribution < 1.29 is 24.9 Å². The number of rotatable bonds is 3. The van der Waals surface area contributed by atoms with Gasteiger partial charge in [0.15, 0.2) is 6.29 Å². The molecule has 5 heteroatoms. The molecule has 0 aromatic carbocycles. The molecule has 0 radical (unpaired) electrons. The van der Waals surface area contributed by atoms with E-state index in [0.717, 1.165) is 0 Å². The van der Waals surface area contributed by atoms with Crippen LogP contribution in [-0.4, -0.2) is 34.7 Å². The summed E-state index contributed by atoms with van der Waals surface area (Å²) in [4.78, 5) is 19.2. The number of carbonyl (C=O) groups is 2. The number of aldehydes is 1. The van der Waals surface area contributed by atoms with Gasteiger partial charge in [-0.25, -0.2) is 0 Å². The first-order valence-electron chi connectivity index (χ1n) is 2.12. The molecule has 5 nitrogen and oxygen atoms in total. The number of carboxylic acids is 1. The third-order valence-electron chi connectivity index (χ3n) is 0.704. The van der Waals surface area contributed by atoms with E-state index in [1.54, 1.807) is 0 Å². The topological polar surface area (TPSA) is 97.7 Å². The van der Waals surface area contributed by atoms with E-state index in [1.165, 1.54) is 0 Å². The average Bonchev–Trinajstić information content (AvgIpc) is 1.84. The van der Waals surface area contributed by atoms with Crippen molar-refractivity contribution in [3.8, 4) is 0 Å². The Morgan fingerprint density at radius 1 is 1.56 bits per heavy atom. The monoisotopic (exact) mass is 133 g/mol. The maximum Gasteiger partial charge on any atom is 0.151 e. The van der Waals surface area contributed by atoms with Crippen molar-refractivity contribution in [1.82, 2.24) is 0 Å². The fourth-order valence-electron chi connectivity index (χ4n) is 0.214. The van der Waals surface area contributed by atoms with E-state index in [1.807, 2.05) is 0 Å². The lowest BCUT2D eigenvalue weighted by Gasteiger charge is -2.11. The van der Waals surface area contributed by atoms with Gasteiger partial charge in [-0.2, -0.15) is 0 Å². The van der Waals surface area contributed by atoms with Crippen LogP contribution >= 0.6 is 0 Å². The van der Waals surface area contributed by atoms with Crippen LogP contribution in [-0.2, 0) is 9.59 Å². The number of carbonyl (C=O) groups excluding carboxylic acids is 2. The molecular weight excluding hydrogens is 128 g/mol. The average molecular weight is 133 g/mol. The van der Waals surface area contributed by atoms with Gasteiger partial charge in [0.05, 0.1) is 5.97 Å². The second-order valence-electron chi connectivity index (χ2n) is 1.39. The Kier molecular flexibility index (Phi) is 2.83. The fraction of sp³-hybridized carbons (Fsp3) is 0.500. The van der Waals surface area contributed by atoms with Crippen molar-refractivity contribution >= 4 is 12.3 Å². The van der Waals surface area contributed by atoms with Gasteiger partial charge in [-0.3, -0.25) is 0 Å². The highest BCUT2D eigenvalue weighted by Crippen LogP contribution is 1.85. The van der Waals surface area contributed by atoms with Crippen molar-refractivity contribution in [2.75, 3.05) is 0 Å². The molecule has 0 rings (SSSR count). The highest BCUT2D eigenvalue weighted by atomic mass is 16.4. The Hall–Kier alpha value is -0.940. The van der Waals surface area contributed by atoms with Crippen molar-refractivity contribution in [2.24, 2.45) is 0 Å². The highest BCUT2D eigenvalue weighted by molar-refractivity contribution is 5.76. The van der Waals surface area contributed by atoms with Gasteiger partial charge in [0, 0.05) is 0 Å². The zero-order valence-corrected chi connectivity index (χ0v) is 4.35. The SMILES string of the molecule is O=C[C@H](O)[C@@H](O)C(=O)[O-]. The van der Waals surface area contributed by atoms with E-state index in [9.17, 15) is 14.7 Å². The molecule has 52 valence electrons. The summed E-state index contributed by atoms with van der Waals surface area (Å²) in [5.41, 5.74) is 0. The Balaban J connectivity index is 3.86. The molecule has 0 fully saturated rings. The van der Waals surface area contributed by atoms with E-state index in [0.29, 0.717) is 0 Å². The molecular formula is C4H5O5-. The van der Waals surface area contributed by atoms with Gasteiger partial charge < -0.3 is 24.9 Å². The normalized spacial score (nSPS) is 16.2. The molecule has 0 spiro atoms. The van der Waals surface area contributed by atoms with Crippen molar-refractivity contribution in [3.63, 3.8) is 0 Å². The summed E-state index contributed by atoms with van der Waals surface area (Å²) in [5.74, 6) is -1.87. The molecule has 0 aromatic rings. The maximum atomic E-state index is 9.62. The number of carboxylic acid groups (broad SMARTS) is 1. The van der Waals surface area contributed by atoms with Gasteiger partial charge in [0.1, 0.15) is 12.2 Å². The quantitative estimate of drug-likeness (QED) is 0.392. The van der Waals surface area contributed by atoms with E-state index < -0.39 is 18.2 Å². The third kappa shape index (κ3) is 2.20. The van der Waals surface area contributed by atoms with Gasteiger partial charge in [-0.15, -0.1) is 0 Å². The number of aliphatic hydroxyl groups excluding tert-OH is 2. The third-order valence-corrected chi connectivity index (χ3v) is 0.704. The minimum atomic E-state index is -2.12. The summed E-state index contributed by atoms with van der Waals surface area (Å²) in [6.45, 7) is 0. The first kappa shape index (κ1) is 8.06. The zero-order valence-electron chi connectivity index (χ0n) is 4.35. The molecule has 0 saturated carbocycles. The molecule has 2 N–H and O–H groups in total. The smallest absolute Gasteiger partial charge is 0.151 e. The summed E-state index contributed by atoms with van der Waals surface area (Å²) in [5, 5.41) is 26.1. The first-order chi connectivity index (χ1) is 4.09. The Morgan fingerprint density at radius 3 is 2.11 bits per heavy atom. The van der Waals surface area contributed by atoms with E-state index in [2.05, 4.69) is 0 Å². The van der Waals surface area contributed by atoms with Gasteiger partial charge in [0.2, 0.25) is 0 Å². The van der Waals surface area contributed by atoms with Crippen molar-refractivity contribution in [1.29, 1.82) is 0 Å². The van der Waals surface area contributed by atoms with Crippen LogP contribution in [0.5, 0.6) is 0 Å². The summed E-state index contributed by atoms with van der Waals surface area (Å²) in [6.07, 6.45) is -4.10. The van der Waals surface area contributed by atoms with E-state index >= 15 is 0 Å². The van der Waals surface area contributed by atoms with Crippen LogP contribution in [0.25, 0.3) is 0 Å². The Bertz CT molecular complexity index is 120. The molecule has 0 heterocycles. The molecule has 0 aliphatic rings. The van der Waals surface area contributed by atoms with Crippen LogP contribution in [0.4, 0.5) is 0 Å². The summed E-state index contributed by atoms with van der Waals surface area (Å²) >= 11 is 0. The Labute approximate surface area is 50.5 Å². The molecule has 0 amide bonds. The van der Waals surface area contributed by atoms with Crippen LogP contribution in [0, 0.1) is 0 Å². The first-order valence-corrected chi connectivity index (χ1v) is 2.12. The summed E-state index contributed by atoms with van der Waals surface area (Å²) in [6, 6.07) is 0.